The number of carbonyl (C=O) groups excluding carboxylic acids is 2. The van der Waals surface area contributed by atoms with Gasteiger partial charge < -0.3 is 19.7 Å². The van der Waals surface area contributed by atoms with Crippen LogP contribution in [0.1, 0.15) is 32.2 Å². The second kappa shape index (κ2) is 10.5. The Morgan fingerprint density at radius 1 is 0.632 bits per heavy atom. The first-order valence-corrected chi connectivity index (χ1v) is 12.2. The molecule has 0 saturated heterocycles. The van der Waals surface area contributed by atoms with E-state index in [1.54, 1.807) is 86.6 Å². The molecule has 0 atom stereocenters. The van der Waals surface area contributed by atoms with E-state index in [0.29, 0.717) is 55.5 Å². The third-order valence-electron chi connectivity index (χ3n) is 5.86. The predicted octanol–water partition coefficient (Wildman–Crippen LogP) is 7.42. The summed E-state index contributed by atoms with van der Waals surface area (Å²) in [6.07, 6.45) is 0. The molecule has 10 heteroatoms. The number of nitrogens with zero attached hydrogens (tertiary/aromatic N) is 2. The Morgan fingerprint density at radius 3 is 1.39 bits per heavy atom. The summed E-state index contributed by atoms with van der Waals surface area (Å²) in [5.41, 5.74) is 2.95. The number of para-hydroxylation sites is 2. The van der Waals surface area contributed by atoms with Gasteiger partial charge in [0.2, 0.25) is 0 Å². The molecule has 0 aliphatic carbocycles. The van der Waals surface area contributed by atoms with Crippen molar-refractivity contribution in [3.63, 3.8) is 0 Å². The first kappa shape index (κ1) is 25.3. The van der Waals surface area contributed by atoms with Gasteiger partial charge in [0.15, 0.2) is 0 Å². The average Bonchev–Trinajstić information content (AvgIpc) is 3.48. The molecule has 38 heavy (non-hydrogen) atoms. The van der Waals surface area contributed by atoms with Crippen LogP contribution in [0.25, 0.3) is 22.5 Å². The molecule has 2 N–H and O–H groups in total. The first-order valence-electron chi connectivity index (χ1n) is 11.5. The Balaban J connectivity index is 1.44. The number of aromatic nitrogens is 2. The summed E-state index contributed by atoms with van der Waals surface area (Å²) in [5, 5.41) is 14.7. The molecule has 0 radical (unpaired) electrons. The van der Waals surface area contributed by atoms with Crippen LogP contribution in [0.3, 0.4) is 0 Å². The summed E-state index contributed by atoms with van der Waals surface area (Å²) < 4.78 is 10.6. The number of nitrogens with one attached hydrogen (secondary N) is 2. The lowest BCUT2D eigenvalue weighted by atomic mass is 10.0. The Kier molecular flexibility index (Phi) is 7.00. The zero-order valence-corrected chi connectivity index (χ0v) is 21.7. The van der Waals surface area contributed by atoms with E-state index < -0.39 is 11.8 Å². The monoisotopic (exact) mass is 546 g/mol. The lowest BCUT2D eigenvalue weighted by Gasteiger charge is -2.13. The van der Waals surface area contributed by atoms with E-state index in [1.807, 2.05) is 0 Å². The summed E-state index contributed by atoms with van der Waals surface area (Å²) in [7, 11) is 0. The molecule has 0 bridgehead atoms. The second-order valence-corrected chi connectivity index (χ2v) is 9.15. The lowest BCUT2D eigenvalue weighted by Crippen LogP contribution is -2.18. The van der Waals surface area contributed by atoms with Crippen LogP contribution in [-0.4, -0.2) is 22.1 Å². The van der Waals surface area contributed by atoms with Crippen molar-refractivity contribution >= 4 is 46.4 Å². The van der Waals surface area contributed by atoms with Gasteiger partial charge in [-0.25, -0.2) is 0 Å². The molecule has 0 unspecified atom stereocenters. The largest absolute Gasteiger partial charge is 0.360 e. The smallest absolute Gasteiger partial charge is 0.261 e. The van der Waals surface area contributed by atoms with Crippen LogP contribution in [-0.2, 0) is 0 Å². The zero-order chi connectivity index (χ0) is 26.8. The molecule has 0 saturated carbocycles. The van der Waals surface area contributed by atoms with Gasteiger partial charge >= 0.3 is 0 Å². The fourth-order valence-electron chi connectivity index (χ4n) is 4.02. The van der Waals surface area contributed by atoms with Crippen LogP contribution in [0.4, 0.5) is 11.4 Å². The van der Waals surface area contributed by atoms with Crippen molar-refractivity contribution in [3.8, 4) is 22.5 Å². The topological polar surface area (TPSA) is 110 Å². The molecule has 0 spiro atoms. The van der Waals surface area contributed by atoms with Crippen LogP contribution in [0, 0.1) is 13.8 Å². The number of anilines is 2. The summed E-state index contributed by atoms with van der Waals surface area (Å²) in [6.45, 7) is 3.28. The molecule has 0 fully saturated rings. The highest BCUT2D eigenvalue weighted by Crippen LogP contribution is 2.34. The van der Waals surface area contributed by atoms with E-state index in [4.69, 9.17) is 32.2 Å². The summed E-state index contributed by atoms with van der Waals surface area (Å²) in [6, 6.07) is 20.9. The Morgan fingerprint density at radius 2 is 1.00 bits per heavy atom. The van der Waals surface area contributed by atoms with Crippen LogP contribution in [0.15, 0.2) is 81.8 Å². The quantitative estimate of drug-likeness (QED) is 0.229. The van der Waals surface area contributed by atoms with Gasteiger partial charge in [-0.3, -0.25) is 9.59 Å². The van der Waals surface area contributed by atoms with Crippen molar-refractivity contribution in [1.82, 2.24) is 10.3 Å². The van der Waals surface area contributed by atoms with Gasteiger partial charge in [0.25, 0.3) is 11.8 Å². The molecule has 5 rings (SSSR count). The fourth-order valence-corrected chi connectivity index (χ4v) is 4.47. The van der Waals surface area contributed by atoms with Crippen molar-refractivity contribution in [1.29, 1.82) is 0 Å². The van der Waals surface area contributed by atoms with Gasteiger partial charge in [0.05, 0.1) is 21.4 Å². The van der Waals surface area contributed by atoms with E-state index in [2.05, 4.69) is 20.9 Å². The minimum atomic E-state index is -0.474. The maximum atomic E-state index is 13.4. The molecule has 5 aromatic rings. The number of benzene rings is 3. The maximum Gasteiger partial charge on any atom is 0.261 e. The van der Waals surface area contributed by atoms with Gasteiger partial charge in [-0.05, 0) is 38.1 Å². The molecule has 2 aromatic heterocycles. The predicted molar refractivity (Wildman–Crippen MR) is 146 cm³/mol. The molecule has 3 aromatic carbocycles. The summed E-state index contributed by atoms with van der Waals surface area (Å²) in [4.78, 5) is 26.8. The molecule has 0 aliphatic heterocycles. The van der Waals surface area contributed by atoms with Crippen LogP contribution in [0.2, 0.25) is 10.0 Å². The average molecular weight is 547 g/mol. The normalized spacial score (nSPS) is 10.8. The highest BCUT2D eigenvalue weighted by molar-refractivity contribution is 6.34. The number of hydrogen-bond donors (Lipinski definition) is 2. The summed E-state index contributed by atoms with van der Waals surface area (Å²) >= 11 is 12.7. The molecule has 2 heterocycles. The molecule has 0 aliphatic rings. The first-order chi connectivity index (χ1) is 18.3. The lowest BCUT2D eigenvalue weighted by molar-refractivity contribution is 0.101. The van der Waals surface area contributed by atoms with E-state index >= 15 is 0 Å². The number of rotatable bonds is 6. The van der Waals surface area contributed by atoms with E-state index in [0.717, 1.165) is 0 Å². The Bertz CT molecular complexity index is 1550. The van der Waals surface area contributed by atoms with Crippen molar-refractivity contribution in [2.75, 3.05) is 10.6 Å². The molecule has 2 amide bonds. The van der Waals surface area contributed by atoms with E-state index in [9.17, 15) is 9.59 Å². The van der Waals surface area contributed by atoms with Gasteiger partial charge in [-0.2, -0.15) is 0 Å². The molecular weight excluding hydrogens is 527 g/mol. The Hall–Kier alpha value is -4.40. The van der Waals surface area contributed by atoms with Crippen LogP contribution >= 0.6 is 23.2 Å². The van der Waals surface area contributed by atoms with Crippen molar-refractivity contribution in [2.24, 2.45) is 0 Å². The number of aryl methyl sites for hydroxylation is 2. The van der Waals surface area contributed by atoms with Gasteiger partial charge in [0.1, 0.15) is 34.0 Å². The third kappa shape index (κ3) is 4.79. The number of amides is 2. The van der Waals surface area contributed by atoms with Crippen molar-refractivity contribution < 1.29 is 18.6 Å². The third-order valence-corrected chi connectivity index (χ3v) is 6.52. The fraction of sp³-hybridized carbons (Fsp3) is 0.0714. The van der Waals surface area contributed by atoms with Crippen LogP contribution < -0.4 is 10.6 Å². The molecule has 8 nitrogen and oxygen atoms in total. The highest BCUT2D eigenvalue weighted by Gasteiger charge is 2.26. The van der Waals surface area contributed by atoms with Crippen molar-refractivity contribution in [2.45, 2.75) is 13.8 Å². The van der Waals surface area contributed by atoms with Gasteiger partial charge in [0, 0.05) is 11.1 Å². The molecular formula is C28H20Cl2N4O4. The maximum absolute atomic E-state index is 13.4. The number of hydrogen-bond acceptors (Lipinski definition) is 6. The highest BCUT2D eigenvalue weighted by atomic mass is 35.5. The number of carbonyl (C=O) groups is 2. The number of halogens is 2. The zero-order valence-electron chi connectivity index (χ0n) is 20.2. The van der Waals surface area contributed by atoms with Crippen LogP contribution in [0.5, 0.6) is 0 Å². The minimum Gasteiger partial charge on any atom is -0.360 e. The second-order valence-electron chi connectivity index (χ2n) is 8.34. The minimum absolute atomic E-state index is 0.232. The van der Waals surface area contributed by atoms with E-state index in [-0.39, 0.29) is 11.1 Å². The molecule has 190 valence electrons. The SMILES string of the molecule is Cc1onc(-c2ccccc2Cl)c1C(=O)Nc1ccccc1NC(=O)c1c(-c2ccccc2Cl)noc1C. The van der Waals surface area contributed by atoms with Gasteiger partial charge in [-0.15, -0.1) is 0 Å². The standard InChI is InChI=1S/C28H20Cl2N4O4/c1-15-23(25(33-37-15)17-9-3-5-11-19(17)29)27(35)31-21-13-7-8-14-22(21)32-28(36)24-16(2)38-34-26(24)18-10-4-6-12-20(18)30/h3-14H,1-2H3,(H,31,35)(H,32,36). The Labute approximate surface area is 227 Å². The van der Waals surface area contributed by atoms with E-state index in [1.165, 1.54) is 0 Å². The van der Waals surface area contributed by atoms with Crippen molar-refractivity contribution in [3.05, 3.63) is 105 Å². The summed E-state index contributed by atoms with van der Waals surface area (Å²) in [5.74, 6) is -0.302. The van der Waals surface area contributed by atoms with Gasteiger partial charge in [-0.1, -0.05) is 82.0 Å².